The highest BCUT2D eigenvalue weighted by molar-refractivity contribution is 7.89. The highest BCUT2D eigenvalue weighted by Gasteiger charge is 2.21. The molecule has 4 nitrogen and oxygen atoms in total. The molecule has 1 fully saturated rings. The lowest BCUT2D eigenvalue weighted by atomic mass is 10.1. The maximum absolute atomic E-state index is 12.0. The quantitative estimate of drug-likeness (QED) is 0.857. The van der Waals surface area contributed by atoms with Crippen LogP contribution in [0.5, 0.6) is 0 Å². The molecule has 2 rings (SSSR count). The number of hydrogen-bond acceptors (Lipinski definition) is 3. The van der Waals surface area contributed by atoms with E-state index in [-0.39, 0.29) is 10.0 Å². The monoisotopic (exact) mass is 274 g/mol. The number of sulfonamides is 1. The SMILES string of the molecule is O=S(=O)(NCC1CCCC1)c1cccnc1Cl. The second kappa shape index (κ2) is 5.33. The van der Waals surface area contributed by atoms with Gasteiger partial charge in [-0.15, -0.1) is 0 Å². The molecular formula is C11H15ClN2O2S. The molecule has 1 aromatic heterocycles. The highest BCUT2D eigenvalue weighted by atomic mass is 35.5. The molecule has 94 valence electrons. The van der Waals surface area contributed by atoms with Crippen molar-refractivity contribution < 1.29 is 8.42 Å². The highest BCUT2D eigenvalue weighted by Crippen LogP contribution is 2.25. The number of rotatable bonds is 4. The largest absolute Gasteiger partial charge is 0.243 e. The zero-order chi connectivity index (χ0) is 12.3. The maximum Gasteiger partial charge on any atom is 0.243 e. The lowest BCUT2D eigenvalue weighted by Crippen LogP contribution is -2.28. The fraction of sp³-hybridized carbons (Fsp3) is 0.545. The number of halogens is 1. The van der Waals surface area contributed by atoms with E-state index < -0.39 is 10.0 Å². The molecule has 6 heteroatoms. The molecule has 0 aromatic carbocycles. The van der Waals surface area contributed by atoms with Crippen molar-refractivity contribution in [3.05, 3.63) is 23.5 Å². The van der Waals surface area contributed by atoms with Crippen LogP contribution in [0.15, 0.2) is 23.2 Å². The first kappa shape index (κ1) is 12.8. The molecule has 17 heavy (non-hydrogen) atoms. The Morgan fingerprint density at radius 3 is 2.76 bits per heavy atom. The van der Waals surface area contributed by atoms with Crippen LogP contribution in [-0.2, 0) is 10.0 Å². The summed E-state index contributed by atoms with van der Waals surface area (Å²) in [6.45, 7) is 0.494. The van der Waals surface area contributed by atoms with Gasteiger partial charge in [0.15, 0.2) is 0 Å². The van der Waals surface area contributed by atoms with E-state index in [1.54, 1.807) is 6.07 Å². The van der Waals surface area contributed by atoms with Crippen LogP contribution >= 0.6 is 11.6 Å². The minimum atomic E-state index is -3.52. The number of hydrogen-bond donors (Lipinski definition) is 1. The Hall–Kier alpha value is -0.650. The molecule has 1 aromatic rings. The predicted molar refractivity (Wildman–Crippen MR) is 66.4 cm³/mol. The fourth-order valence-electron chi connectivity index (χ4n) is 2.09. The van der Waals surface area contributed by atoms with Crippen molar-refractivity contribution in [1.82, 2.24) is 9.71 Å². The van der Waals surface area contributed by atoms with E-state index in [2.05, 4.69) is 9.71 Å². The molecule has 0 radical (unpaired) electrons. The second-order valence-electron chi connectivity index (χ2n) is 4.29. The molecule has 0 bridgehead atoms. The number of nitrogens with one attached hydrogen (secondary N) is 1. The third-order valence-electron chi connectivity index (χ3n) is 3.05. The molecule has 0 saturated heterocycles. The first-order valence-electron chi connectivity index (χ1n) is 5.70. The molecule has 1 aliphatic carbocycles. The van der Waals surface area contributed by atoms with Crippen molar-refractivity contribution in [1.29, 1.82) is 0 Å². The van der Waals surface area contributed by atoms with Gasteiger partial charge in [0.2, 0.25) is 10.0 Å². The molecule has 1 saturated carbocycles. The third-order valence-corrected chi connectivity index (χ3v) is 4.92. The maximum atomic E-state index is 12.0. The molecule has 1 aliphatic rings. The first-order valence-corrected chi connectivity index (χ1v) is 7.56. The summed E-state index contributed by atoms with van der Waals surface area (Å²) in [6, 6.07) is 3.03. The standard InChI is InChI=1S/C11H15ClN2O2S/c12-11-10(6-3-7-13-11)17(15,16)14-8-9-4-1-2-5-9/h3,6-7,9,14H,1-2,4-5,8H2. The molecule has 1 heterocycles. The number of pyridine rings is 1. The van der Waals surface area contributed by atoms with Crippen LogP contribution in [0.1, 0.15) is 25.7 Å². The van der Waals surface area contributed by atoms with Crippen molar-refractivity contribution in [3.8, 4) is 0 Å². The first-order chi connectivity index (χ1) is 8.09. The van der Waals surface area contributed by atoms with Crippen LogP contribution in [0.2, 0.25) is 5.15 Å². The Bertz CT molecular complexity index is 484. The van der Waals surface area contributed by atoms with Gasteiger partial charge in [0.1, 0.15) is 10.0 Å². The van der Waals surface area contributed by atoms with Gasteiger partial charge < -0.3 is 0 Å². The van der Waals surface area contributed by atoms with Gasteiger partial charge in [-0.2, -0.15) is 0 Å². The van der Waals surface area contributed by atoms with Crippen LogP contribution < -0.4 is 4.72 Å². The van der Waals surface area contributed by atoms with Gasteiger partial charge in [-0.05, 0) is 30.9 Å². The number of aromatic nitrogens is 1. The Kier molecular flexibility index (Phi) is 4.01. The van der Waals surface area contributed by atoms with E-state index in [9.17, 15) is 8.42 Å². The minimum Gasteiger partial charge on any atom is -0.243 e. The summed E-state index contributed by atoms with van der Waals surface area (Å²) in [5, 5.41) is 0.0198. The van der Waals surface area contributed by atoms with E-state index in [1.165, 1.54) is 25.1 Å². The van der Waals surface area contributed by atoms with E-state index in [0.29, 0.717) is 12.5 Å². The lowest BCUT2D eigenvalue weighted by Gasteiger charge is -2.11. The van der Waals surface area contributed by atoms with Crippen LogP contribution in [-0.4, -0.2) is 19.9 Å². The summed E-state index contributed by atoms with van der Waals surface area (Å²) in [5.41, 5.74) is 0. The second-order valence-corrected chi connectivity index (χ2v) is 6.39. The van der Waals surface area contributed by atoms with E-state index in [4.69, 9.17) is 11.6 Å². The summed E-state index contributed by atoms with van der Waals surface area (Å²) in [6.07, 6.45) is 6.06. The van der Waals surface area contributed by atoms with Gasteiger partial charge in [0, 0.05) is 12.7 Å². The fourth-order valence-corrected chi connectivity index (χ4v) is 3.66. The minimum absolute atomic E-state index is 0.0198. The molecular weight excluding hydrogens is 260 g/mol. The number of nitrogens with zero attached hydrogens (tertiary/aromatic N) is 1. The van der Waals surface area contributed by atoms with Crippen LogP contribution in [0.3, 0.4) is 0 Å². The van der Waals surface area contributed by atoms with Gasteiger partial charge >= 0.3 is 0 Å². The van der Waals surface area contributed by atoms with Gasteiger partial charge in [-0.25, -0.2) is 18.1 Å². The Labute approximate surface area is 106 Å². The van der Waals surface area contributed by atoms with Crippen molar-refractivity contribution in [2.24, 2.45) is 5.92 Å². The average molecular weight is 275 g/mol. The summed E-state index contributed by atoms with van der Waals surface area (Å²) in [4.78, 5) is 3.83. The van der Waals surface area contributed by atoms with Crippen molar-refractivity contribution in [3.63, 3.8) is 0 Å². The van der Waals surface area contributed by atoms with Gasteiger partial charge in [-0.3, -0.25) is 0 Å². The van der Waals surface area contributed by atoms with E-state index in [1.807, 2.05) is 0 Å². The Morgan fingerprint density at radius 1 is 1.41 bits per heavy atom. The molecule has 0 unspecified atom stereocenters. The zero-order valence-electron chi connectivity index (χ0n) is 9.39. The smallest absolute Gasteiger partial charge is 0.243 e. The van der Waals surface area contributed by atoms with Gasteiger partial charge in [0.25, 0.3) is 0 Å². The zero-order valence-corrected chi connectivity index (χ0v) is 11.0. The molecule has 0 aliphatic heterocycles. The van der Waals surface area contributed by atoms with Crippen molar-refractivity contribution in [2.45, 2.75) is 30.6 Å². The summed E-state index contributed by atoms with van der Waals surface area (Å²) in [5.74, 6) is 0.459. The van der Waals surface area contributed by atoms with Gasteiger partial charge in [-0.1, -0.05) is 24.4 Å². The lowest BCUT2D eigenvalue weighted by molar-refractivity contribution is 0.519. The predicted octanol–water partition coefficient (Wildman–Crippen LogP) is 2.20. The third kappa shape index (κ3) is 3.18. The van der Waals surface area contributed by atoms with E-state index >= 15 is 0 Å². The average Bonchev–Trinajstić information content (AvgIpc) is 2.80. The summed E-state index contributed by atoms with van der Waals surface area (Å²) in [7, 11) is -3.52. The van der Waals surface area contributed by atoms with Crippen LogP contribution in [0.4, 0.5) is 0 Å². The molecule has 0 amide bonds. The molecule has 1 N–H and O–H groups in total. The summed E-state index contributed by atoms with van der Waals surface area (Å²) >= 11 is 5.77. The molecule has 0 spiro atoms. The topological polar surface area (TPSA) is 59.1 Å². The Balaban J connectivity index is 2.06. The van der Waals surface area contributed by atoms with Crippen molar-refractivity contribution in [2.75, 3.05) is 6.54 Å². The Morgan fingerprint density at radius 2 is 2.12 bits per heavy atom. The summed E-state index contributed by atoms with van der Waals surface area (Å²) < 4.78 is 26.6. The van der Waals surface area contributed by atoms with E-state index in [0.717, 1.165) is 12.8 Å². The normalized spacial score (nSPS) is 17.5. The van der Waals surface area contributed by atoms with Crippen molar-refractivity contribution >= 4 is 21.6 Å². The van der Waals surface area contributed by atoms with Crippen LogP contribution in [0.25, 0.3) is 0 Å². The van der Waals surface area contributed by atoms with Gasteiger partial charge in [0.05, 0.1) is 0 Å². The van der Waals surface area contributed by atoms with Crippen LogP contribution in [0, 0.1) is 5.92 Å². The molecule has 0 atom stereocenters.